The molecule has 0 saturated carbocycles. The van der Waals surface area contributed by atoms with Crippen molar-refractivity contribution >= 4 is 47.6 Å². The summed E-state index contributed by atoms with van der Waals surface area (Å²) >= 11 is 0. The van der Waals surface area contributed by atoms with Crippen LogP contribution in [0.3, 0.4) is 0 Å². The van der Waals surface area contributed by atoms with Gasteiger partial charge in [-0.05, 0) is 30.3 Å². The maximum Gasteiger partial charge on any atom is 0.338 e. The van der Waals surface area contributed by atoms with Gasteiger partial charge in [0.1, 0.15) is 11.2 Å². The number of hydrogen-bond donors (Lipinski definition) is 0. The van der Waals surface area contributed by atoms with Crippen molar-refractivity contribution in [3.8, 4) is 0 Å². The van der Waals surface area contributed by atoms with Crippen LogP contribution in [0.4, 0.5) is 0 Å². The molecule has 0 amide bonds. The highest BCUT2D eigenvalue weighted by molar-refractivity contribution is 8.13. The zero-order valence-corrected chi connectivity index (χ0v) is 13.3. The monoisotopic (exact) mass is 352 g/mol. The van der Waals surface area contributed by atoms with Crippen LogP contribution in [0.1, 0.15) is 10.4 Å². The van der Waals surface area contributed by atoms with E-state index in [1.165, 1.54) is 31.4 Å². The average Bonchev–Trinajstić information content (AvgIpc) is 2.52. The van der Waals surface area contributed by atoms with Gasteiger partial charge in [0.25, 0.3) is 9.05 Å². The molecule has 0 radical (unpaired) electrons. The molecule has 0 spiro atoms. The highest BCUT2D eigenvalue weighted by Gasteiger charge is 2.18. The van der Waals surface area contributed by atoms with Gasteiger partial charge in [-0.2, -0.15) is 0 Å². The Hall–Kier alpha value is -2.38. The molecular weight excluding hydrogens is 344 g/mol. The van der Waals surface area contributed by atoms with E-state index in [0.29, 0.717) is 0 Å². The number of halogens is 1. The number of esters is 1. The summed E-state index contributed by atoms with van der Waals surface area (Å²) in [4.78, 5) is 24.3. The lowest BCUT2D eigenvalue weighted by molar-refractivity contribution is 0.0603. The molecule has 8 heteroatoms. The van der Waals surface area contributed by atoms with Gasteiger partial charge < -0.3 is 9.15 Å². The summed E-state index contributed by atoms with van der Waals surface area (Å²) in [5.41, 5.74) is -0.107. The number of carbonyl (C=O) groups excluding carboxylic acids is 1. The number of hydrogen-bond acceptors (Lipinski definition) is 6. The van der Waals surface area contributed by atoms with E-state index in [1.807, 2.05) is 0 Å². The predicted molar refractivity (Wildman–Crippen MR) is 84.4 cm³/mol. The van der Waals surface area contributed by atoms with E-state index in [1.54, 1.807) is 6.07 Å². The van der Waals surface area contributed by atoms with Gasteiger partial charge in [-0.1, -0.05) is 6.07 Å². The molecule has 0 aliphatic heterocycles. The molecule has 3 aromatic rings. The summed E-state index contributed by atoms with van der Waals surface area (Å²) in [6.45, 7) is 0. The van der Waals surface area contributed by atoms with Crippen LogP contribution in [0.5, 0.6) is 0 Å². The van der Waals surface area contributed by atoms with E-state index >= 15 is 0 Å². The highest BCUT2D eigenvalue weighted by Crippen LogP contribution is 2.25. The van der Waals surface area contributed by atoms with Crippen molar-refractivity contribution in [2.24, 2.45) is 0 Å². The second-order valence-electron chi connectivity index (χ2n) is 4.70. The van der Waals surface area contributed by atoms with Crippen LogP contribution in [0, 0.1) is 0 Å². The molecule has 3 rings (SSSR count). The number of ether oxygens (including phenoxy) is 1. The molecule has 0 aliphatic carbocycles. The predicted octanol–water partition coefficient (Wildman–Crippen LogP) is 2.66. The lowest BCUT2D eigenvalue weighted by atomic mass is 10.1. The Morgan fingerprint density at radius 1 is 1.17 bits per heavy atom. The summed E-state index contributed by atoms with van der Waals surface area (Å²) in [6.07, 6.45) is 0. The Labute approximate surface area is 134 Å². The van der Waals surface area contributed by atoms with Crippen LogP contribution in [-0.4, -0.2) is 21.5 Å². The van der Waals surface area contributed by atoms with Gasteiger partial charge in [0, 0.05) is 10.7 Å². The molecule has 0 bridgehead atoms. The number of methoxy groups -OCH3 is 1. The van der Waals surface area contributed by atoms with Gasteiger partial charge in [0.15, 0.2) is 0 Å². The number of carbonyl (C=O) groups is 1. The van der Waals surface area contributed by atoms with Crippen molar-refractivity contribution in [2.45, 2.75) is 4.90 Å². The van der Waals surface area contributed by atoms with Crippen molar-refractivity contribution < 1.29 is 22.4 Å². The molecule has 0 saturated heterocycles. The summed E-state index contributed by atoms with van der Waals surface area (Å²) in [5, 5.41) is 0.0338. The molecular formula is C15H9ClO6S. The van der Waals surface area contributed by atoms with Gasteiger partial charge in [-0.15, -0.1) is 0 Å². The van der Waals surface area contributed by atoms with Crippen LogP contribution >= 0.6 is 10.7 Å². The Kier molecular flexibility index (Phi) is 3.62. The fourth-order valence-corrected chi connectivity index (χ4v) is 3.09. The van der Waals surface area contributed by atoms with Crippen molar-refractivity contribution in [3.63, 3.8) is 0 Å². The minimum atomic E-state index is -4.00. The first kappa shape index (κ1) is 15.5. The molecule has 0 aliphatic rings. The van der Waals surface area contributed by atoms with Crippen molar-refractivity contribution in [3.05, 3.63) is 52.2 Å². The zero-order valence-electron chi connectivity index (χ0n) is 11.7. The van der Waals surface area contributed by atoms with E-state index in [0.717, 1.165) is 6.07 Å². The first-order valence-corrected chi connectivity index (χ1v) is 8.66. The second-order valence-corrected chi connectivity index (χ2v) is 7.26. The second kappa shape index (κ2) is 5.36. The summed E-state index contributed by atoms with van der Waals surface area (Å²) in [5.74, 6) is -0.691. The van der Waals surface area contributed by atoms with Crippen molar-refractivity contribution in [1.29, 1.82) is 0 Å². The van der Waals surface area contributed by atoms with Gasteiger partial charge in [-0.25, -0.2) is 13.2 Å². The van der Waals surface area contributed by atoms with E-state index < -0.39 is 20.4 Å². The first-order valence-electron chi connectivity index (χ1n) is 6.35. The molecule has 0 fully saturated rings. The molecule has 1 heterocycles. The maximum atomic E-state index is 12.7. The molecule has 118 valence electrons. The van der Waals surface area contributed by atoms with Crippen LogP contribution in [0.2, 0.25) is 0 Å². The van der Waals surface area contributed by atoms with E-state index in [4.69, 9.17) is 15.1 Å². The van der Waals surface area contributed by atoms with Gasteiger partial charge in [0.2, 0.25) is 5.43 Å². The van der Waals surface area contributed by atoms with E-state index in [9.17, 15) is 18.0 Å². The van der Waals surface area contributed by atoms with Crippen molar-refractivity contribution in [2.75, 3.05) is 7.11 Å². The van der Waals surface area contributed by atoms with Gasteiger partial charge in [0.05, 0.1) is 28.3 Å². The van der Waals surface area contributed by atoms with Crippen LogP contribution in [-0.2, 0) is 13.8 Å². The quantitative estimate of drug-likeness (QED) is 0.400. The topological polar surface area (TPSA) is 90.7 Å². The SMILES string of the molecule is COC(=O)c1cccc2oc3ccc(S(=O)(=O)Cl)cc3c(=O)c12. The molecule has 0 unspecified atom stereocenters. The third-order valence-corrected chi connectivity index (χ3v) is 4.71. The normalized spacial score (nSPS) is 11.7. The standard InChI is InChI=1S/C15H9ClO6S/c1-21-15(18)9-3-2-4-12-13(9)14(17)10-7-8(23(16,19)20)5-6-11(10)22-12/h2-7H,1H3. The van der Waals surface area contributed by atoms with Gasteiger partial charge in [-0.3, -0.25) is 4.79 Å². The largest absolute Gasteiger partial charge is 0.465 e. The maximum absolute atomic E-state index is 12.7. The molecule has 2 aromatic carbocycles. The Morgan fingerprint density at radius 2 is 1.91 bits per heavy atom. The molecule has 1 aromatic heterocycles. The minimum absolute atomic E-state index is 0.00979. The third-order valence-electron chi connectivity index (χ3n) is 3.36. The van der Waals surface area contributed by atoms with Crippen LogP contribution in [0.15, 0.2) is 50.5 Å². The summed E-state index contributed by atoms with van der Waals surface area (Å²) < 4.78 is 33.1. The average molecular weight is 353 g/mol. The molecule has 6 nitrogen and oxygen atoms in total. The Bertz CT molecular complexity index is 1110. The lowest BCUT2D eigenvalue weighted by Gasteiger charge is -2.06. The fraction of sp³-hybridized carbons (Fsp3) is 0.0667. The molecule has 0 N–H and O–H groups in total. The van der Waals surface area contributed by atoms with E-state index in [2.05, 4.69) is 4.74 Å². The highest BCUT2D eigenvalue weighted by atomic mass is 35.7. The lowest BCUT2D eigenvalue weighted by Crippen LogP contribution is -2.10. The summed E-state index contributed by atoms with van der Waals surface area (Å²) in [7, 11) is 2.50. The first-order chi connectivity index (χ1) is 10.8. The number of fused-ring (bicyclic) bond motifs is 2. The number of rotatable bonds is 2. The van der Waals surface area contributed by atoms with Gasteiger partial charge >= 0.3 is 5.97 Å². The number of benzene rings is 2. The molecule has 23 heavy (non-hydrogen) atoms. The van der Waals surface area contributed by atoms with Crippen LogP contribution < -0.4 is 5.43 Å². The Morgan fingerprint density at radius 3 is 2.57 bits per heavy atom. The fourth-order valence-electron chi connectivity index (χ4n) is 2.31. The summed E-state index contributed by atoms with van der Waals surface area (Å²) in [6, 6.07) is 8.23. The minimum Gasteiger partial charge on any atom is -0.465 e. The van der Waals surface area contributed by atoms with Crippen molar-refractivity contribution in [1.82, 2.24) is 0 Å². The third kappa shape index (κ3) is 2.58. The van der Waals surface area contributed by atoms with E-state index in [-0.39, 0.29) is 32.4 Å². The Balaban J connectivity index is 2.48. The zero-order chi connectivity index (χ0) is 16.8. The van der Waals surface area contributed by atoms with Crippen LogP contribution in [0.25, 0.3) is 21.9 Å². The smallest absolute Gasteiger partial charge is 0.338 e. The molecule has 0 atom stereocenters.